The summed E-state index contributed by atoms with van der Waals surface area (Å²) in [6.45, 7) is 5.49. The van der Waals surface area contributed by atoms with Gasteiger partial charge in [0.15, 0.2) is 0 Å². The molecule has 1 heterocycles. The predicted molar refractivity (Wildman–Crippen MR) is 95.8 cm³/mol. The summed E-state index contributed by atoms with van der Waals surface area (Å²) in [7, 11) is 3.19. The summed E-state index contributed by atoms with van der Waals surface area (Å²) in [6.07, 6.45) is 3.32. The second kappa shape index (κ2) is 9.89. The molecule has 0 unspecified atom stereocenters. The number of benzene rings is 1. The van der Waals surface area contributed by atoms with Crippen molar-refractivity contribution in [1.82, 2.24) is 10.3 Å². The van der Waals surface area contributed by atoms with Gasteiger partial charge in [-0.3, -0.25) is 9.78 Å². The number of nitrogens with one attached hydrogen (secondary N) is 1. The molecular weight excluding hydrogens is 306 g/mol. The maximum absolute atomic E-state index is 10.8. The van der Waals surface area contributed by atoms with E-state index in [-0.39, 0.29) is 5.91 Å². The van der Waals surface area contributed by atoms with Crippen LogP contribution in [-0.2, 0) is 11.3 Å². The van der Waals surface area contributed by atoms with Crippen LogP contribution >= 0.6 is 0 Å². The fraction of sp³-hybridized carbons (Fsp3) is 0.222. The molecule has 1 aromatic heterocycles. The monoisotopic (exact) mass is 329 g/mol. The van der Waals surface area contributed by atoms with Gasteiger partial charge in [-0.15, -0.1) is 0 Å². The molecule has 0 radical (unpaired) electrons. The number of nitrogen functional groups attached to an aromatic ring is 1. The Balaban J connectivity index is 0.000000272. The third-order valence-electron chi connectivity index (χ3n) is 3.09. The molecule has 128 valence electrons. The SMILES string of the molecule is C=Cc1ncccc1N.COc1ccc(CNC(C)=O)c(OC)c1. The van der Waals surface area contributed by atoms with Crippen LogP contribution in [0.4, 0.5) is 5.69 Å². The number of amides is 1. The average molecular weight is 329 g/mol. The molecule has 6 nitrogen and oxygen atoms in total. The van der Waals surface area contributed by atoms with Crippen LogP contribution in [0.5, 0.6) is 11.5 Å². The van der Waals surface area contributed by atoms with Gasteiger partial charge in [0.1, 0.15) is 11.5 Å². The quantitative estimate of drug-likeness (QED) is 0.880. The molecule has 0 aliphatic carbocycles. The molecule has 2 aromatic rings. The average Bonchev–Trinajstić information content (AvgIpc) is 2.60. The molecule has 0 saturated carbocycles. The largest absolute Gasteiger partial charge is 0.497 e. The maximum atomic E-state index is 10.8. The zero-order valence-electron chi connectivity index (χ0n) is 14.2. The Labute approximate surface area is 142 Å². The number of pyridine rings is 1. The third-order valence-corrected chi connectivity index (χ3v) is 3.09. The molecule has 24 heavy (non-hydrogen) atoms. The van der Waals surface area contributed by atoms with E-state index in [1.807, 2.05) is 12.1 Å². The fourth-order valence-corrected chi connectivity index (χ4v) is 1.82. The Morgan fingerprint density at radius 1 is 1.33 bits per heavy atom. The highest BCUT2D eigenvalue weighted by Crippen LogP contribution is 2.24. The first-order valence-corrected chi connectivity index (χ1v) is 7.30. The van der Waals surface area contributed by atoms with Crippen molar-refractivity contribution in [2.24, 2.45) is 0 Å². The van der Waals surface area contributed by atoms with Gasteiger partial charge in [0.05, 0.1) is 25.6 Å². The van der Waals surface area contributed by atoms with E-state index in [2.05, 4.69) is 16.9 Å². The van der Waals surface area contributed by atoms with E-state index in [1.54, 1.807) is 44.7 Å². The van der Waals surface area contributed by atoms with Crippen LogP contribution in [0.2, 0.25) is 0 Å². The van der Waals surface area contributed by atoms with Gasteiger partial charge in [-0.05, 0) is 30.3 Å². The number of methoxy groups -OCH3 is 2. The summed E-state index contributed by atoms with van der Waals surface area (Å²) < 4.78 is 10.3. The van der Waals surface area contributed by atoms with Crippen molar-refractivity contribution in [3.63, 3.8) is 0 Å². The van der Waals surface area contributed by atoms with Crippen molar-refractivity contribution in [3.05, 3.63) is 54.4 Å². The van der Waals surface area contributed by atoms with Crippen LogP contribution in [-0.4, -0.2) is 25.1 Å². The molecule has 3 N–H and O–H groups in total. The second-order valence-corrected chi connectivity index (χ2v) is 4.77. The van der Waals surface area contributed by atoms with E-state index in [0.717, 1.165) is 17.0 Å². The fourth-order valence-electron chi connectivity index (χ4n) is 1.82. The Kier molecular flexibility index (Phi) is 7.84. The van der Waals surface area contributed by atoms with Gasteiger partial charge >= 0.3 is 0 Å². The molecule has 0 saturated heterocycles. The number of anilines is 1. The van der Waals surface area contributed by atoms with Crippen molar-refractivity contribution in [3.8, 4) is 11.5 Å². The topological polar surface area (TPSA) is 86.5 Å². The predicted octanol–water partition coefficient (Wildman–Crippen LogP) is 2.65. The zero-order chi connectivity index (χ0) is 17.9. The van der Waals surface area contributed by atoms with Gasteiger partial charge in [-0.25, -0.2) is 0 Å². The Morgan fingerprint density at radius 2 is 2.08 bits per heavy atom. The summed E-state index contributed by atoms with van der Waals surface area (Å²) in [5.41, 5.74) is 7.84. The lowest BCUT2D eigenvalue weighted by molar-refractivity contribution is -0.119. The first-order valence-electron chi connectivity index (χ1n) is 7.30. The summed E-state index contributed by atoms with van der Waals surface area (Å²) in [5.74, 6) is 1.38. The maximum Gasteiger partial charge on any atom is 0.217 e. The van der Waals surface area contributed by atoms with E-state index < -0.39 is 0 Å². The molecule has 0 fully saturated rings. The highest BCUT2D eigenvalue weighted by molar-refractivity contribution is 5.72. The van der Waals surface area contributed by atoms with E-state index in [1.165, 1.54) is 6.92 Å². The highest BCUT2D eigenvalue weighted by Gasteiger charge is 2.04. The molecular formula is C18H23N3O3. The van der Waals surface area contributed by atoms with Crippen molar-refractivity contribution >= 4 is 17.7 Å². The summed E-state index contributed by atoms with van der Waals surface area (Å²) in [6, 6.07) is 9.08. The van der Waals surface area contributed by atoms with Crippen molar-refractivity contribution in [2.45, 2.75) is 13.5 Å². The van der Waals surface area contributed by atoms with E-state index in [0.29, 0.717) is 18.0 Å². The highest BCUT2D eigenvalue weighted by atomic mass is 16.5. The lowest BCUT2D eigenvalue weighted by Crippen LogP contribution is -2.19. The van der Waals surface area contributed by atoms with Crippen molar-refractivity contribution in [2.75, 3.05) is 20.0 Å². The lowest BCUT2D eigenvalue weighted by Gasteiger charge is -2.10. The van der Waals surface area contributed by atoms with E-state index in [9.17, 15) is 4.79 Å². The lowest BCUT2D eigenvalue weighted by atomic mass is 10.2. The second-order valence-electron chi connectivity index (χ2n) is 4.77. The number of rotatable bonds is 5. The van der Waals surface area contributed by atoms with Crippen LogP contribution < -0.4 is 20.5 Å². The molecule has 0 spiro atoms. The van der Waals surface area contributed by atoms with Gasteiger partial charge < -0.3 is 20.5 Å². The minimum absolute atomic E-state index is 0.0622. The number of carbonyl (C=O) groups excluding carboxylic acids is 1. The smallest absolute Gasteiger partial charge is 0.217 e. The number of hydrogen-bond acceptors (Lipinski definition) is 5. The first-order chi connectivity index (χ1) is 11.5. The summed E-state index contributed by atoms with van der Waals surface area (Å²) in [5, 5.41) is 2.71. The number of nitrogens with zero attached hydrogens (tertiary/aromatic N) is 1. The number of ether oxygens (including phenoxy) is 2. The Hall–Kier alpha value is -3.02. The van der Waals surface area contributed by atoms with Crippen LogP contribution in [0, 0.1) is 0 Å². The number of hydrogen-bond donors (Lipinski definition) is 2. The minimum atomic E-state index is -0.0622. The number of aromatic nitrogens is 1. The van der Waals surface area contributed by atoms with Gasteiger partial charge in [0, 0.05) is 31.3 Å². The zero-order valence-corrected chi connectivity index (χ0v) is 14.2. The molecule has 0 aliphatic rings. The molecule has 0 atom stereocenters. The van der Waals surface area contributed by atoms with Crippen LogP contribution in [0.25, 0.3) is 6.08 Å². The molecule has 0 bridgehead atoms. The summed E-state index contributed by atoms with van der Waals surface area (Å²) >= 11 is 0. The normalized spacial score (nSPS) is 9.29. The van der Waals surface area contributed by atoms with Crippen molar-refractivity contribution < 1.29 is 14.3 Å². The number of carbonyl (C=O) groups is 1. The molecule has 1 aromatic carbocycles. The van der Waals surface area contributed by atoms with Gasteiger partial charge in [0.2, 0.25) is 5.91 Å². The van der Waals surface area contributed by atoms with E-state index >= 15 is 0 Å². The summed E-state index contributed by atoms with van der Waals surface area (Å²) in [4.78, 5) is 14.7. The Bertz CT molecular complexity index is 687. The molecule has 0 aliphatic heterocycles. The standard InChI is InChI=1S/C11H15NO3.C7H8N2/c1-8(13)12-7-9-4-5-10(14-2)6-11(9)15-3;1-2-7-6(8)4-3-5-9-7/h4-6H,7H2,1-3H3,(H,12,13);2-5H,1,8H2. The van der Waals surface area contributed by atoms with Crippen LogP contribution in [0.1, 0.15) is 18.2 Å². The Morgan fingerprint density at radius 3 is 2.58 bits per heavy atom. The molecule has 6 heteroatoms. The van der Waals surface area contributed by atoms with Gasteiger partial charge in [-0.1, -0.05) is 6.58 Å². The molecule has 1 amide bonds. The van der Waals surface area contributed by atoms with E-state index in [4.69, 9.17) is 15.2 Å². The van der Waals surface area contributed by atoms with Crippen LogP contribution in [0.15, 0.2) is 43.1 Å². The first kappa shape index (κ1) is 19.0. The van der Waals surface area contributed by atoms with Crippen LogP contribution in [0.3, 0.4) is 0 Å². The van der Waals surface area contributed by atoms with Gasteiger partial charge in [0.25, 0.3) is 0 Å². The number of nitrogens with two attached hydrogens (primary N) is 1. The third kappa shape index (κ3) is 6.00. The van der Waals surface area contributed by atoms with Gasteiger partial charge in [-0.2, -0.15) is 0 Å². The minimum Gasteiger partial charge on any atom is -0.497 e. The van der Waals surface area contributed by atoms with Crippen molar-refractivity contribution in [1.29, 1.82) is 0 Å². The molecule has 2 rings (SSSR count).